The quantitative estimate of drug-likeness (QED) is 0.709. The van der Waals surface area contributed by atoms with Crippen LogP contribution in [0, 0.1) is 11.2 Å². The summed E-state index contributed by atoms with van der Waals surface area (Å²) >= 11 is 0. The summed E-state index contributed by atoms with van der Waals surface area (Å²) in [4.78, 5) is 23.4. The van der Waals surface area contributed by atoms with Gasteiger partial charge in [0.1, 0.15) is 17.3 Å². The zero-order valence-electron chi connectivity index (χ0n) is 9.73. The lowest BCUT2D eigenvalue weighted by molar-refractivity contribution is -0.155. The van der Waals surface area contributed by atoms with E-state index in [1.165, 1.54) is 13.2 Å². The van der Waals surface area contributed by atoms with Crippen molar-refractivity contribution in [3.8, 4) is 0 Å². The average molecular weight is 250 g/mol. The van der Waals surface area contributed by atoms with Crippen LogP contribution in [0.2, 0.25) is 0 Å². The van der Waals surface area contributed by atoms with Gasteiger partial charge in [-0.05, 0) is 18.1 Å². The third kappa shape index (κ3) is 1.24. The molecule has 3 rings (SSSR count). The number of hydrogen-bond donors (Lipinski definition) is 0. The molecular formula is C13H11FO4. The predicted octanol–water partition coefficient (Wildman–Crippen LogP) is 1.53. The van der Waals surface area contributed by atoms with Crippen molar-refractivity contribution in [2.75, 3.05) is 7.11 Å². The Morgan fingerprint density at radius 1 is 1.50 bits per heavy atom. The fourth-order valence-corrected chi connectivity index (χ4v) is 2.95. The molecule has 1 saturated heterocycles. The highest BCUT2D eigenvalue weighted by atomic mass is 19.1. The molecule has 0 bridgehead atoms. The van der Waals surface area contributed by atoms with Crippen LogP contribution in [0.5, 0.6) is 0 Å². The summed E-state index contributed by atoms with van der Waals surface area (Å²) < 4.78 is 23.8. The van der Waals surface area contributed by atoms with Crippen molar-refractivity contribution in [3.05, 3.63) is 35.1 Å². The fourth-order valence-electron chi connectivity index (χ4n) is 2.95. The Morgan fingerprint density at radius 3 is 3.00 bits per heavy atom. The average Bonchev–Trinajstić information content (AvgIpc) is 2.80. The van der Waals surface area contributed by atoms with Gasteiger partial charge in [-0.1, -0.05) is 12.1 Å². The van der Waals surface area contributed by atoms with Crippen LogP contribution in [0.4, 0.5) is 4.39 Å². The number of fused-ring (bicyclic) bond motifs is 3. The molecule has 2 atom stereocenters. The van der Waals surface area contributed by atoms with Gasteiger partial charge in [-0.3, -0.25) is 9.59 Å². The van der Waals surface area contributed by atoms with Gasteiger partial charge in [-0.15, -0.1) is 0 Å². The van der Waals surface area contributed by atoms with E-state index in [1.807, 2.05) is 0 Å². The van der Waals surface area contributed by atoms with Gasteiger partial charge < -0.3 is 9.47 Å². The molecule has 0 unspecified atom stereocenters. The Bertz CT molecular complexity index is 554. The Balaban J connectivity index is 2.16. The second kappa shape index (κ2) is 3.54. The minimum absolute atomic E-state index is 0.0571. The van der Waals surface area contributed by atoms with Gasteiger partial charge in [-0.2, -0.15) is 0 Å². The minimum atomic E-state index is -1.09. The van der Waals surface area contributed by atoms with Gasteiger partial charge in [0.15, 0.2) is 0 Å². The van der Waals surface area contributed by atoms with Crippen molar-refractivity contribution in [2.45, 2.75) is 18.9 Å². The van der Waals surface area contributed by atoms with E-state index in [1.54, 1.807) is 12.1 Å². The second-order valence-corrected chi connectivity index (χ2v) is 4.68. The molecule has 1 aromatic rings. The first kappa shape index (κ1) is 11.2. The van der Waals surface area contributed by atoms with Crippen LogP contribution in [-0.4, -0.2) is 19.0 Å². The minimum Gasteiger partial charge on any atom is -0.468 e. The number of benzene rings is 1. The maximum atomic E-state index is 13.9. The number of methoxy groups -OCH3 is 1. The normalized spacial score (nSPS) is 28.6. The number of rotatable bonds is 1. The monoisotopic (exact) mass is 250 g/mol. The lowest BCUT2D eigenvalue weighted by Gasteiger charge is -2.22. The molecule has 94 valence electrons. The summed E-state index contributed by atoms with van der Waals surface area (Å²) in [6.07, 6.45) is -0.629. The predicted molar refractivity (Wildman–Crippen MR) is 58.0 cm³/mol. The smallest absolute Gasteiger partial charge is 0.316 e. The number of halogens is 1. The van der Waals surface area contributed by atoms with Crippen LogP contribution in [0.3, 0.4) is 0 Å². The number of ether oxygens (including phenoxy) is 2. The molecule has 1 heterocycles. The van der Waals surface area contributed by atoms with Crippen LogP contribution in [0.15, 0.2) is 18.2 Å². The number of carbonyl (C=O) groups is 2. The van der Waals surface area contributed by atoms with Crippen LogP contribution < -0.4 is 0 Å². The highest BCUT2D eigenvalue weighted by Gasteiger charge is 2.61. The van der Waals surface area contributed by atoms with Crippen LogP contribution in [0.25, 0.3) is 0 Å². The van der Waals surface area contributed by atoms with E-state index in [2.05, 4.69) is 0 Å². The van der Waals surface area contributed by atoms with Crippen molar-refractivity contribution >= 4 is 11.9 Å². The topological polar surface area (TPSA) is 52.6 Å². The lowest BCUT2D eigenvalue weighted by atomic mass is 9.81. The van der Waals surface area contributed by atoms with Gasteiger partial charge in [0.2, 0.25) is 0 Å². The van der Waals surface area contributed by atoms with Gasteiger partial charge in [0.25, 0.3) is 0 Å². The Hall–Kier alpha value is -1.91. The van der Waals surface area contributed by atoms with Crippen molar-refractivity contribution in [2.24, 2.45) is 5.41 Å². The third-order valence-electron chi connectivity index (χ3n) is 3.71. The Morgan fingerprint density at radius 2 is 2.28 bits per heavy atom. The lowest BCUT2D eigenvalue weighted by Crippen LogP contribution is -2.33. The molecule has 0 N–H and O–H groups in total. The Kier molecular flexibility index (Phi) is 2.20. The summed E-state index contributed by atoms with van der Waals surface area (Å²) in [5, 5.41) is 0. The van der Waals surface area contributed by atoms with Crippen molar-refractivity contribution in [1.82, 2.24) is 0 Å². The molecule has 0 spiro atoms. The standard InChI is InChI=1S/C13H11FO4/c1-17-12(16)13-5-7-3-2-4-8(14)10(7)11(13)18-9(15)6-13/h2-4,11H,5-6H2,1H3/t11-,13+/m1/s1. The first-order chi connectivity index (χ1) is 8.58. The molecule has 1 aromatic carbocycles. The first-order valence-electron chi connectivity index (χ1n) is 5.64. The van der Waals surface area contributed by atoms with E-state index in [4.69, 9.17) is 9.47 Å². The highest BCUT2D eigenvalue weighted by Crippen LogP contribution is 2.55. The highest BCUT2D eigenvalue weighted by molar-refractivity contribution is 5.89. The third-order valence-corrected chi connectivity index (χ3v) is 3.71. The van der Waals surface area contributed by atoms with E-state index in [0.29, 0.717) is 11.1 Å². The molecule has 1 aliphatic carbocycles. The summed E-state index contributed by atoms with van der Waals surface area (Å²) in [6, 6.07) is 4.63. The molecule has 0 saturated carbocycles. The van der Waals surface area contributed by atoms with E-state index in [-0.39, 0.29) is 12.8 Å². The SMILES string of the molecule is COC(=O)[C@@]12CC(=O)O[C@@H]1c1c(F)cccc1C2. The van der Waals surface area contributed by atoms with E-state index >= 15 is 0 Å². The summed E-state index contributed by atoms with van der Waals surface area (Å²) in [5.41, 5.74) is -0.0669. The largest absolute Gasteiger partial charge is 0.468 e. The number of hydrogen-bond acceptors (Lipinski definition) is 4. The summed E-state index contributed by atoms with van der Waals surface area (Å²) in [5.74, 6) is -1.45. The maximum Gasteiger partial charge on any atom is 0.316 e. The van der Waals surface area contributed by atoms with Gasteiger partial charge in [0.05, 0.1) is 13.5 Å². The number of carbonyl (C=O) groups excluding carboxylic acids is 2. The maximum absolute atomic E-state index is 13.9. The zero-order chi connectivity index (χ0) is 12.9. The molecule has 1 aliphatic heterocycles. The molecule has 0 radical (unpaired) electrons. The molecular weight excluding hydrogens is 239 g/mol. The summed E-state index contributed by atoms with van der Waals surface area (Å²) in [7, 11) is 1.26. The second-order valence-electron chi connectivity index (χ2n) is 4.68. The molecule has 0 amide bonds. The van der Waals surface area contributed by atoms with Gasteiger partial charge in [0, 0.05) is 5.56 Å². The molecule has 4 nitrogen and oxygen atoms in total. The van der Waals surface area contributed by atoms with Crippen LogP contribution >= 0.6 is 0 Å². The van der Waals surface area contributed by atoms with Crippen molar-refractivity contribution in [3.63, 3.8) is 0 Å². The van der Waals surface area contributed by atoms with Crippen molar-refractivity contribution in [1.29, 1.82) is 0 Å². The molecule has 2 aliphatic rings. The molecule has 0 aromatic heterocycles. The van der Waals surface area contributed by atoms with Crippen molar-refractivity contribution < 1.29 is 23.5 Å². The van der Waals surface area contributed by atoms with Gasteiger partial charge >= 0.3 is 11.9 Å². The number of esters is 2. The summed E-state index contributed by atoms with van der Waals surface area (Å²) in [6.45, 7) is 0. The van der Waals surface area contributed by atoms with E-state index in [9.17, 15) is 14.0 Å². The fraction of sp³-hybridized carbons (Fsp3) is 0.385. The van der Waals surface area contributed by atoms with E-state index < -0.39 is 29.3 Å². The Labute approximate surface area is 103 Å². The first-order valence-corrected chi connectivity index (χ1v) is 5.64. The zero-order valence-corrected chi connectivity index (χ0v) is 9.73. The van der Waals surface area contributed by atoms with Gasteiger partial charge in [-0.25, -0.2) is 4.39 Å². The molecule has 1 fully saturated rings. The van der Waals surface area contributed by atoms with Crippen LogP contribution in [-0.2, 0) is 25.5 Å². The molecule has 5 heteroatoms. The van der Waals surface area contributed by atoms with E-state index in [0.717, 1.165) is 0 Å². The molecule has 18 heavy (non-hydrogen) atoms. The van der Waals surface area contributed by atoms with Crippen LogP contribution in [0.1, 0.15) is 23.7 Å².